The van der Waals surface area contributed by atoms with Crippen molar-refractivity contribution in [3.8, 4) is 11.5 Å². The predicted octanol–water partition coefficient (Wildman–Crippen LogP) is 1.50. The van der Waals surface area contributed by atoms with Gasteiger partial charge in [0.1, 0.15) is 12.2 Å². The maximum Gasteiger partial charge on any atom is 0.211 e. The Bertz CT molecular complexity index is 972. The second-order valence-corrected chi connectivity index (χ2v) is 6.25. The zero-order valence-electron chi connectivity index (χ0n) is 19.4. The van der Waals surface area contributed by atoms with E-state index in [2.05, 4.69) is 0 Å². The lowest BCUT2D eigenvalue weighted by Gasteiger charge is -2.56. The van der Waals surface area contributed by atoms with E-state index in [0.717, 1.165) is 0 Å². The van der Waals surface area contributed by atoms with Gasteiger partial charge in [0.2, 0.25) is 1.43 Å². The molecular weight excluding hydrogens is 278 g/mol. The Hall–Kier alpha value is -1.52. The molecule has 0 aromatic heterocycles. The highest BCUT2D eigenvalue weighted by Crippen LogP contribution is 2.62. The average Bonchev–Trinajstić information content (AvgIpc) is 2.90. The summed E-state index contributed by atoms with van der Waals surface area (Å²) in [6.07, 6.45) is -1.94. The molecule has 0 amide bonds. The van der Waals surface area contributed by atoms with Gasteiger partial charge in [0, 0.05) is 27.0 Å². The van der Waals surface area contributed by atoms with Crippen molar-refractivity contribution in [1.82, 2.24) is 4.90 Å². The van der Waals surface area contributed by atoms with Gasteiger partial charge in [0.05, 0.1) is 11.2 Å². The molecule has 0 radical (unpaired) electrons. The van der Waals surface area contributed by atoms with E-state index in [1.165, 1.54) is 19.3 Å². The van der Waals surface area contributed by atoms with Crippen LogP contribution < -0.4 is 9.47 Å². The lowest BCUT2D eigenvalue weighted by molar-refractivity contribution is -0.0453. The van der Waals surface area contributed by atoms with E-state index in [9.17, 15) is 2.74 Å². The molecule has 2 aliphatic carbocycles. The number of benzene rings is 1. The van der Waals surface area contributed by atoms with E-state index in [0.29, 0.717) is 6.54 Å². The van der Waals surface area contributed by atoms with Gasteiger partial charge in [-0.2, -0.15) is 0 Å². The van der Waals surface area contributed by atoms with Crippen LogP contribution in [0.3, 0.4) is 0 Å². The summed E-state index contributed by atoms with van der Waals surface area (Å²) >= 11 is 0. The number of methoxy groups -OCH3 is 1. The van der Waals surface area contributed by atoms with Crippen LogP contribution in [0.2, 0.25) is 0 Å². The number of rotatable bonds is 2. The predicted molar refractivity (Wildman–Crippen MR) is 82.5 cm³/mol. The molecule has 2 heterocycles. The van der Waals surface area contributed by atoms with E-state index in [-0.39, 0.29) is 41.1 Å². The lowest BCUT2D eigenvalue weighted by atomic mass is 9.53. The summed E-state index contributed by atoms with van der Waals surface area (Å²) in [6, 6.07) is -1.65. The normalized spacial score (nSPS) is 54.5. The van der Waals surface area contributed by atoms with Gasteiger partial charge in [-0.1, -0.05) is 18.2 Å². The summed E-state index contributed by atoms with van der Waals surface area (Å²) in [7, 11) is 3.06. The third-order valence-electron chi connectivity index (χ3n) is 5.31. The van der Waals surface area contributed by atoms with Crippen molar-refractivity contribution in [3.05, 3.63) is 35.4 Å². The minimum absolute atomic E-state index is 0.0211. The molecule has 22 heavy (non-hydrogen) atoms. The van der Waals surface area contributed by atoms with E-state index in [1.807, 2.05) is 0 Å². The number of hydrogen-bond donors (Lipinski definition) is 1. The Morgan fingerprint density at radius 1 is 1.59 bits per heavy atom. The van der Waals surface area contributed by atoms with Crippen molar-refractivity contribution >= 4 is 0 Å². The van der Waals surface area contributed by atoms with Crippen LogP contribution in [0.15, 0.2) is 24.2 Å². The number of ether oxygens (including phenoxy) is 2. The van der Waals surface area contributed by atoms with Gasteiger partial charge in [0.15, 0.2) is 11.5 Å². The second kappa shape index (κ2) is 4.06. The molecule has 1 fully saturated rings. The van der Waals surface area contributed by atoms with Crippen LogP contribution in [0.4, 0.5) is 0 Å². The third kappa shape index (κ3) is 1.28. The SMILES string of the molecule is [2H]OC1C=C[C@@]2([2H])[C@@H]3N(C)CC[C@@]24c2c(c(OC)c([2H])c([2H])c2C3([2H])[2H])OC14[2H]. The van der Waals surface area contributed by atoms with Crippen molar-refractivity contribution in [3.63, 3.8) is 0 Å². The smallest absolute Gasteiger partial charge is 0.211 e. The summed E-state index contributed by atoms with van der Waals surface area (Å²) in [6.45, 7) is 0.407. The molecule has 0 saturated carbocycles. The maximum atomic E-state index is 9.47. The highest BCUT2D eigenvalue weighted by Gasteiger charge is 2.64. The Labute approximate surface area is 140 Å². The van der Waals surface area contributed by atoms with E-state index in [1.54, 1.807) is 11.9 Å². The fraction of sp³-hybridized carbons (Fsp3) is 0.556. The summed E-state index contributed by atoms with van der Waals surface area (Å²) < 4.78 is 72.5. The molecule has 2 bridgehead atoms. The van der Waals surface area contributed by atoms with Crippen LogP contribution in [0, 0.1) is 5.89 Å². The van der Waals surface area contributed by atoms with Crippen LogP contribution in [0.5, 0.6) is 11.5 Å². The largest absolute Gasteiger partial charge is 0.493 e. The maximum absolute atomic E-state index is 9.47. The minimum Gasteiger partial charge on any atom is -0.493 e. The first kappa shape index (κ1) is 7.84. The molecule has 5 rings (SSSR count). The molecule has 116 valence electrons. The lowest BCUT2D eigenvalue weighted by Crippen LogP contribution is -2.64. The molecule has 2 unspecified atom stereocenters. The van der Waals surface area contributed by atoms with Crippen molar-refractivity contribution in [1.29, 1.82) is 1.43 Å². The van der Waals surface area contributed by atoms with Crippen molar-refractivity contribution in [2.45, 2.75) is 36.4 Å². The van der Waals surface area contributed by atoms with E-state index < -0.39 is 35.9 Å². The van der Waals surface area contributed by atoms with Crippen molar-refractivity contribution in [2.24, 2.45) is 5.89 Å². The fourth-order valence-electron chi connectivity index (χ4n) is 4.30. The molecule has 1 aromatic rings. The first-order valence-electron chi connectivity index (χ1n) is 10.9. The van der Waals surface area contributed by atoms with E-state index >= 15 is 0 Å². The number of aliphatic hydroxyl groups is 1. The topological polar surface area (TPSA) is 41.9 Å². The number of aliphatic hydroxyl groups excluding tert-OH is 1. The van der Waals surface area contributed by atoms with Gasteiger partial charge in [-0.3, -0.25) is 0 Å². The number of likely N-dealkylation sites (N-methyl/N-ethyl adjacent to an activating group) is 1. The molecule has 2 aliphatic heterocycles. The van der Waals surface area contributed by atoms with Crippen molar-refractivity contribution < 1.29 is 22.8 Å². The van der Waals surface area contributed by atoms with Crippen LogP contribution in [-0.4, -0.2) is 50.4 Å². The second-order valence-electron chi connectivity index (χ2n) is 6.25. The molecular formula is C18H21NO3. The summed E-state index contributed by atoms with van der Waals surface area (Å²) in [5, 5.41) is 4.82. The number of hydrogen-bond acceptors (Lipinski definition) is 4. The molecule has 1 N–H and O–H groups in total. The molecule has 4 nitrogen and oxygen atoms in total. The Morgan fingerprint density at radius 3 is 3.32 bits per heavy atom. The van der Waals surface area contributed by atoms with Gasteiger partial charge >= 0.3 is 0 Å². The Morgan fingerprint density at radius 2 is 2.50 bits per heavy atom. The molecule has 4 aliphatic rings. The summed E-state index contributed by atoms with van der Waals surface area (Å²) in [5.41, 5.74) is -1.14. The van der Waals surface area contributed by atoms with Gasteiger partial charge in [0.25, 0.3) is 0 Å². The monoisotopic (exact) mass is 306 g/mol. The van der Waals surface area contributed by atoms with E-state index in [4.69, 9.17) is 21.5 Å². The highest BCUT2D eigenvalue weighted by molar-refractivity contribution is 5.62. The molecule has 1 spiro atoms. The Kier molecular flexibility index (Phi) is 1.45. The summed E-state index contributed by atoms with van der Waals surface area (Å²) in [5.74, 6) is -1.63. The first-order valence-corrected chi connectivity index (χ1v) is 7.45. The van der Waals surface area contributed by atoms with Gasteiger partial charge in [-0.05, 0) is 38.0 Å². The fourth-order valence-corrected chi connectivity index (χ4v) is 4.30. The summed E-state index contributed by atoms with van der Waals surface area (Å²) in [4.78, 5) is 1.75. The minimum atomic E-state index is -2.14. The number of piperidine rings is 1. The van der Waals surface area contributed by atoms with Crippen LogP contribution in [-0.2, 0) is 11.8 Å². The first-order chi connectivity index (χ1) is 13.5. The highest BCUT2D eigenvalue weighted by atomic mass is 16.5. The zero-order chi connectivity index (χ0) is 21.1. The van der Waals surface area contributed by atoms with Crippen LogP contribution in [0.25, 0.3) is 0 Å². The standard InChI is InChI=1S/C18H21NO3/c1-19-8-7-18-11-4-5-13(20)17(18)22-16-14(21-2)6-3-10(15(16)18)9-12(11)19/h3-6,11-13,17,20H,7-9H2,1-2H3/t11-,12+,13?,17?,18-/m0/s1/i3D,6D,9D2,11D,17D,20D. The van der Waals surface area contributed by atoms with Crippen LogP contribution in [0.1, 0.15) is 25.8 Å². The number of nitrogens with zero attached hydrogens (tertiary/aromatic N) is 1. The van der Waals surface area contributed by atoms with Gasteiger partial charge < -0.3 is 19.5 Å². The molecule has 1 saturated heterocycles. The Balaban J connectivity index is 2.01. The molecule has 4 heteroatoms. The van der Waals surface area contributed by atoms with Crippen LogP contribution >= 0.6 is 0 Å². The molecule has 5 atom stereocenters. The zero-order valence-corrected chi connectivity index (χ0v) is 12.4. The molecule has 1 aromatic carbocycles. The van der Waals surface area contributed by atoms with Crippen molar-refractivity contribution in [2.75, 3.05) is 20.7 Å². The van der Waals surface area contributed by atoms with Gasteiger partial charge in [-0.15, -0.1) is 0 Å². The average molecular weight is 306 g/mol. The third-order valence-corrected chi connectivity index (χ3v) is 5.31. The quantitative estimate of drug-likeness (QED) is 0.841. The van der Waals surface area contributed by atoms with Gasteiger partial charge in [-0.25, -0.2) is 0 Å². The number of likely N-dealkylation sites (tertiary alicyclic amines) is 1.